The molecule has 0 atom stereocenters. The molecule has 0 unspecified atom stereocenters. The molecule has 0 N–H and O–H groups in total. The van der Waals surface area contributed by atoms with Crippen molar-refractivity contribution in [3.63, 3.8) is 0 Å². The molecular weight excluding hydrogens is 478 g/mol. The maximum absolute atomic E-state index is 13.3. The molecule has 1 fully saturated rings. The molecule has 1 saturated heterocycles. The summed E-state index contributed by atoms with van der Waals surface area (Å²) in [6, 6.07) is 23.2. The number of hydrogen-bond donors (Lipinski definition) is 0. The number of nitro groups is 1. The van der Waals surface area contributed by atoms with Crippen molar-refractivity contribution < 1.29 is 19.2 Å². The number of ether oxygens (including phenoxy) is 2. The van der Waals surface area contributed by atoms with E-state index in [1.54, 1.807) is 29.2 Å². The first-order valence-electron chi connectivity index (χ1n) is 11.4. The van der Waals surface area contributed by atoms with Crippen molar-refractivity contribution in [2.45, 2.75) is 13.5 Å². The number of amidine groups is 1. The van der Waals surface area contributed by atoms with Gasteiger partial charge < -0.3 is 9.47 Å². The quantitative estimate of drug-likeness (QED) is 0.150. The summed E-state index contributed by atoms with van der Waals surface area (Å²) >= 11 is 1.30. The average Bonchev–Trinajstić information content (AvgIpc) is 3.18. The molecule has 184 valence electrons. The lowest BCUT2D eigenvalue weighted by Gasteiger charge is -2.15. The van der Waals surface area contributed by atoms with E-state index in [2.05, 4.69) is 4.99 Å². The number of carbonyl (C=O) groups excluding carboxylic acids is 1. The molecular formula is C27H25N3O5S. The van der Waals surface area contributed by atoms with Gasteiger partial charge in [0.1, 0.15) is 12.4 Å². The lowest BCUT2D eigenvalue weighted by molar-refractivity contribution is -0.384. The third-order valence-electron chi connectivity index (χ3n) is 5.25. The minimum absolute atomic E-state index is 0.0110. The van der Waals surface area contributed by atoms with Crippen LogP contribution in [0, 0.1) is 10.1 Å². The number of thioether (sulfide) groups is 1. The van der Waals surface area contributed by atoms with Gasteiger partial charge in [0.15, 0.2) is 5.17 Å². The number of nitro benzene ring substituents is 1. The van der Waals surface area contributed by atoms with Gasteiger partial charge in [-0.25, -0.2) is 4.99 Å². The monoisotopic (exact) mass is 503 g/mol. The Bertz CT molecular complexity index is 1290. The molecule has 3 aromatic rings. The van der Waals surface area contributed by atoms with Crippen molar-refractivity contribution in [1.82, 2.24) is 4.90 Å². The topological polar surface area (TPSA) is 94.3 Å². The highest BCUT2D eigenvalue weighted by Gasteiger charge is 2.33. The first-order valence-corrected chi connectivity index (χ1v) is 12.2. The summed E-state index contributed by atoms with van der Waals surface area (Å²) in [7, 11) is 0. The normalized spacial score (nSPS) is 15.6. The van der Waals surface area contributed by atoms with Gasteiger partial charge in [-0.15, -0.1) is 0 Å². The van der Waals surface area contributed by atoms with Crippen LogP contribution in [0.1, 0.15) is 18.1 Å². The zero-order chi connectivity index (χ0) is 25.3. The number of nitrogens with zero attached hydrogens (tertiary/aromatic N) is 3. The predicted molar refractivity (Wildman–Crippen MR) is 141 cm³/mol. The zero-order valence-corrected chi connectivity index (χ0v) is 20.5. The van der Waals surface area contributed by atoms with E-state index in [0.717, 1.165) is 11.3 Å². The highest BCUT2D eigenvalue weighted by atomic mass is 32.2. The maximum atomic E-state index is 13.3. The zero-order valence-electron chi connectivity index (χ0n) is 19.7. The van der Waals surface area contributed by atoms with Crippen LogP contribution in [0.4, 0.5) is 11.4 Å². The second kappa shape index (κ2) is 12.1. The third kappa shape index (κ3) is 6.38. The van der Waals surface area contributed by atoms with Crippen molar-refractivity contribution in [2.75, 3.05) is 19.8 Å². The number of non-ortho nitro benzene ring substituents is 1. The number of benzene rings is 3. The van der Waals surface area contributed by atoms with Crippen LogP contribution in [0.3, 0.4) is 0 Å². The summed E-state index contributed by atoms with van der Waals surface area (Å²) in [5.74, 6) is 0.419. The van der Waals surface area contributed by atoms with Crippen LogP contribution in [-0.2, 0) is 16.1 Å². The van der Waals surface area contributed by atoms with Crippen LogP contribution in [0.5, 0.6) is 5.75 Å². The summed E-state index contributed by atoms with van der Waals surface area (Å²) in [6.45, 7) is 3.44. The Morgan fingerprint density at radius 3 is 2.61 bits per heavy atom. The van der Waals surface area contributed by atoms with Gasteiger partial charge in [-0.3, -0.25) is 19.8 Å². The predicted octanol–water partition coefficient (Wildman–Crippen LogP) is 5.81. The number of rotatable bonds is 10. The van der Waals surface area contributed by atoms with E-state index in [0.29, 0.717) is 41.1 Å². The summed E-state index contributed by atoms with van der Waals surface area (Å²) in [5.41, 5.74) is 2.18. The maximum Gasteiger partial charge on any atom is 0.269 e. The molecule has 0 aliphatic carbocycles. The van der Waals surface area contributed by atoms with Crippen LogP contribution in [0.2, 0.25) is 0 Å². The lowest BCUT2D eigenvalue weighted by atomic mass is 10.1. The molecule has 0 radical (unpaired) electrons. The Kier molecular flexibility index (Phi) is 8.48. The van der Waals surface area contributed by atoms with Crippen LogP contribution in [-0.4, -0.2) is 40.7 Å². The largest absolute Gasteiger partial charge is 0.488 e. The number of hydrogen-bond acceptors (Lipinski definition) is 7. The van der Waals surface area contributed by atoms with Crippen molar-refractivity contribution >= 4 is 40.3 Å². The number of para-hydroxylation sites is 2. The number of carbonyl (C=O) groups is 1. The number of amides is 1. The smallest absolute Gasteiger partial charge is 0.269 e. The fourth-order valence-electron chi connectivity index (χ4n) is 3.50. The second-order valence-electron chi connectivity index (χ2n) is 7.75. The number of aliphatic imine (C=N–C) groups is 1. The minimum atomic E-state index is -0.434. The van der Waals surface area contributed by atoms with Gasteiger partial charge in [0.2, 0.25) is 0 Å². The molecule has 9 heteroatoms. The lowest BCUT2D eigenvalue weighted by Crippen LogP contribution is -2.32. The van der Waals surface area contributed by atoms with Gasteiger partial charge in [0, 0.05) is 24.3 Å². The highest BCUT2D eigenvalue weighted by molar-refractivity contribution is 8.18. The molecule has 0 aromatic heterocycles. The van der Waals surface area contributed by atoms with Crippen LogP contribution >= 0.6 is 11.8 Å². The molecule has 1 aliphatic heterocycles. The fourth-order valence-corrected chi connectivity index (χ4v) is 4.51. The van der Waals surface area contributed by atoms with Crippen molar-refractivity contribution in [1.29, 1.82) is 0 Å². The SMILES string of the molecule is CCOCCN1C(=O)/C(=C/c2ccccc2OCc2cccc([N+](=O)[O-])c2)SC1=Nc1ccccc1. The van der Waals surface area contributed by atoms with Gasteiger partial charge in [-0.1, -0.05) is 48.5 Å². The molecule has 8 nitrogen and oxygen atoms in total. The summed E-state index contributed by atoms with van der Waals surface area (Å²) in [6.07, 6.45) is 1.79. The Balaban J connectivity index is 1.57. The molecule has 1 aliphatic rings. The van der Waals surface area contributed by atoms with Gasteiger partial charge in [-0.05, 0) is 48.5 Å². The Labute approximate surface area is 213 Å². The van der Waals surface area contributed by atoms with E-state index in [4.69, 9.17) is 9.47 Å². The van der Waals surface area contributed by atoms with E-state index in [9.17, 15) is 14.9 Å². The van der Waals surface area contributed by atoms with E-state index in [1.165, 1.54) is 23.9 Å². The van der Waals surface area contributed by atoms with Crippen LogP contribution in [0.15, 0.2) is 88.8 Å². The first kappa shape index (κ1) is 25.2. The molecule has 36 heavy (non-hydrogen) atoms. The Morgan fingerprint density at radius 2 is 1.83 bits per heavy atom. The summed E-state index contributed by atoms with van der Waals surface area (Å²) < 4.78 is 11.5. The van der Waals surface area contributed by atoms with E-state index >= 15 is 0 Å². The van der Waals surface area contributed by atoms with Gasteiger partial charge in [0.25, 0.3) is 11.6 Å². The second-order valence-corrected chi connectivity index (χ2v) is 8.76. The standard InChI is InChI=1S/C27H25N3O5S/c1-2-34-16-15-29-26(31)25(36-27(29)28-22-11-4-3-5-12-22)18-21-10-6-7-14-24(21)35-19-20-9-8-13-23(17-20)30(32)33/h3-14,17-18H,2,15-16,19H2,1H3/b25-18-,28-27?. The van der Waals surface area contributed by atoms with E-state index in [1.807, 2.05) is 55.5 Å². The van der Waals surface area contributed by atoms with E-state index < -0.39 is 4.92 Å². The van der Waals surface area contributed by atoms with Crippen LogP contribution < -0.4 is 4.74 Å². The Morgan fingerprint density at radius 1 is 1.06 bits per heavy atom. The molecule has 0 saturated carbocycles. The summed E-state index contributed by atoms with van der Waals surface area (Å²) in [4.78, 5) is 30.8. The van der Waals surface area contributed by atoms with Crippen molar-refractivity contribution in [3.05, 3.63) is 105 Å². The van der Waals surface area contributed by atoms with Crippen LogP contribution in [0.25, 0.3) is 6.08 Å². The molecule has 3 aromatic carbocycles. The van der Waals surface area contributed by atoms with E-state index in [-0.39, 0.29) is 18.2 Å². The van der Waals surface area contributed by atoms with Gasteiger partial charge in [0.05, 0.1) is 28.7 Å². The van der Waals surface area contributed by atoms with Gasteiger partial charge in [-0.2, -0.15) is 0 Å². The van der Waals surface area contributed by atoms with Crippen molar-refractivity contribution in [2.24, 2.45) is 4.99 Å². The summed E-state index contributed by atoms with van der Waals surface area (Å²) in [5, 5.41) is 11.6. The average molecular weight is 504 g/mol. The molecule has 0 spiro atoms. The fraction of sp³-hybridized carbons (Fsp3) is 0.185. The molecule has 4 rings (SSSR count). The molecule has 0 bridgehead atoms. The molecule has 1 heterocycles. The minimum Gasteiger partial charge on any atom is -0.488 e. The first-order chi connectivity index (χ1) is 17.5. The Hall–Kier alpha value is -3.95. The molecule has 1 amide bonds. The third-order valence-corrected chi connectivity index (χ3v) is 6.26. The van der Waals surface area contributed by atoms with Crippen molar-refractivity contribution in [3.8, 4) is 5.75 Å². The van der Waals surface area contributed by atoms with Gasteiger partial charge >= 0.3 is 0 Å². The highest BCUT2D eigenvalue weighted by Crippen LogP contribution is 2.35.